The van der Waals surface area contributed by atoms with Crippen LogP contribution in [0.15, 0.2) is 48.6 Å². The maximum atomic E-state index is 11.4. The highest BCUT2D eigenvalue weighted by Crippen LogP contribution is 2.58. The lowest BCUT2D eigenvalue weighted by atomic mass is 9.71. The Hall–Kier alpha value is -2.64. The zero-order valence-corrected chi connectivity index (χ0v) is 20.5. The lowest BCUT2D eigenvalue weighted by Crippen LogP contribution is -2.39. The molecular formula is C27H37NO6. The van der Waals surface area contributed by atoms with Crippen LogP contribution in [0.25, 0.3) is 0 Å². The summed E-state index contributed by atoms with van der Waals surface area (Å²) >= 11 is 0. The predicted octanol–water partition coefficient (Wildman–Crippen LogP) is 5.26. The van der Waals surface area contributed by atoms with E-state index >= 15 is 0 Å². The van der Waals surface area contributed by atoms with Crippen molar-refractivity contribution >= 4 is 12.1 Å². The van der Waals surface area contributed by atoms with Gasteiger partial charge in [-0.3, -0.25) is 0 Å². The number of carbonyl (C=O) groups is 2. The SMILES string of the molecule is C=CCOC(=O)c1ccc(CNC(=O)O)cc1.CC(C)=CCC1OC1(C)C1CCCCC12CO2. The minimum absolute atomic E-state index is 0.100. The molecule has 7 nitrogen and oxygen atoms in total. The normalized spacial score (nSPS) is 28.7. The van der Waals surface area contributed by atoms with Crippen LogP contribution < -0.4 is 5.32 Å². The second-order valence-corrected chi connectivity index (χ2v) is 9.70. The second kappa shape index (κ2) is 11.2. The standard InChI is InChI=1S/C15H24O2.C12H13NO4/c1-11(2)7-8-13-14(3,17-13)12-6-4-5-9-15(12)10-16-15;1-2-7-17-11(14)10-5-3-9(4-6-10)8-13-12(15)16/h7,12-13H,4-6,8-10H2,1-3H3;2-6,13H,1,7-8H2,(H,15,16). The Morgan fingerprint density at radius 3 is 2.56 bits per heavy atom. The Morgan fingerprint density at radius 1 is 1.26 bits per heavy atom. The van der Waals surface area contributed by atoms with E-state index in [9.17, 15) is 9.59 Å². The van der Waals surface area contributed by atoms with E-state index in [1.54, 1.807) is 24.3 Å². The number of nitrogens with one attached hydrogen (secondary N) is 1. The minimum atomic E-state index is -1.08. The quantitative estimate of drug-likeness (QED) is 0.305. The van der Waals surface area contributed by atoms with E-state index in [1.807, 2.05) is 0 Å². The molecular weight excluding hydrogens is 434 g/mol. The van der Waals surface area contributed by atoms with Crippen molar-refractivity contribution < 1.29 is 28.9 Å². The molecule has 34 heavy (non-hydrogen) atoms. The predicted molar refractivity (Wildman–Crippen MR) is 130 cm³/mol. The molecule has 4 unspecified atom stereocenters. The third-order valence-corrected chi connectivity index (χ3v) is 6.87. The number of benzene rings is 1. The van der Waals surface area contributed by atoms with Gasteiger partial charge in [0.2, 0.25) is 0 Å². The number of allylic oxidation sites excluding steroid dienone is 1. The van der Waals surface area contributed by atoms with Gasteiger partial charge < -0.3 is 24.6 Å². The summed E-state index contributed by atoms with van der Waals surface area (Å²) in [5.74, 6) is 0.210. The summed E-state index contributed by atoms with van der Waals surface area (Å²) in [6, 6.07) is 6.51. The first-order valence-electron chi connectivity index (χ1n) is 12.0. The van der Waals surface area contributed by atoms with Gasteiger partial charge in [-0.25, -0.2) is 9.59 Å². The molecule has 1 aromatic rings. The van der Waals surface area contributed by atoms with Crippen molar-refractivity contribution in [2.45, 2.75) is 76.7 Å². The van der Waals surface area contributed by atoms with Gasteiger partial charge >= 0.3 is 12.1 Å². The number of hydrogen-bond acceptors (Lipinski definition) is 5. The van der Waals surface area contributed by atoms with Crippen LogP contribution in [0.2, 0.25) is 0 Å². The summed E-state index contributed by atoms with van der Waals surface area (Å²) in [6.07, 6.45) is 9.46. The van der Waals surface area contributed by atoms with Crippen molar-refractivity contribution in [2.24, 2.45) is 5.92 Å². The summed E-state index contributed by atoms with van der Waals surface area (Å²) in [4.78, 5) is 21.7. The van der Waals surface area contributed by atoms with Crippen molar-refractivity contribution in [3.63, 3.8) is 0 Å². The fourth-order valence-corrected chi connectivity index (χ4v) is 4.82. The van der Waals surface area contributed by atoms with Gasteiger partial charge in [-0.1, -0.05) is 49.3 Å². The zero-order chi connectivity index (χ0) is 24.8. The zero-order valence-electron chi connectivity index (χ0n) is 20.5. The number of carbonyl (C=O) groups excluding carboxylic acids is 1. The van der Waals surface area contributed by atoms with Gasteiger partial charge in [0, 0.05) is 12.5 Å². The van der Waals surface area contributed by atoms with Crippen LogP contribution in [0.3, 0.4) is 0 Å². The van der Waals surface area contributed by atoms with Crippen LogP contribution in [0.5, 0.6) is 0 Å². The maximum absolute atomic E-state index is 11.4. The highest BCUT2D eigenvalue weighted by Gasteiger charge is 2.67. The average Bonchev–Trinajstić information content (AvgIpc) is 3.73. The van der Waals surface area contributed by atoms with Gasteiger partial charge in [-0.05, 0) is 57.7 Å². The van der Waals surface area contributed by atoms with Gasteiger partial charge in [-0.15, -0.1) is 0 Å². The van der Waals surface area contributed by atoms with Gasteiger partial charge in [0.1, 0.15) is 6.61 Å². The Labute approximate surface area is 202 Å². The van der Waals surface area contributed by atoms with Crippen molar-refractivity contribution in [3.8, 4) is 0 Å². The molecule has 3 aliphatic rings. The van der Waals surface area contributed by atoms with E-state index < -0.39 is 12.1 Å². The third-order valence-electron chi connectivity index (χ3n) is 6.87. The fraction of sp³-hybridized carbons (Fsp3) is 0.556. The summed E-state index contributed by atoms with van der Waals surface area (Å²) in [7, 11) is 0. The van der Waals surface area contributed by atoms with Gasteiger partial charge in [0.15, 0.2) is 0 Å². The summed E-state index contributed by atoms with van der Waals surface area (Å²) in [5, 5.41) is 10.7. The van der Waals surface area contributed by atoms with Crippen LogP contribution in [0.4, 0.5) is 4.79 Å². The Morgan fingerprint density at radius 2 is 1.97 bits per heavy atom. The molecule has 2 saturated heterocycles. The largest absolute Gasteiger partial charge is 0.465 e. The van der Waals surface area contributed by atoms with Crippen molar-refractivity contribution in [1.82, 2.24) is 5.32 Å². The van der Waals surface area contributed by atoms with Gasteiger partial charge in [0.25, 0.3) is 0 Å². The van der Waals surface area contributed by atoms with E-state index in [1.165, 1.54) is 37.3 Å². The number of amides is 1. The number of hydrogen-bond donors (Lipinski definition) is 2. The second-order valence-electron chi connectivity index (χ2n) is 9.70. The van der Waals surface area contributed by atoms with E-state index in [4.69, 9.17) is 19.3 Å². The number of epoxide rings is 2. The third kappa shape index (κ3) is 6.70. The molecule has 1 spiro atoms. The molecule has 186 valence electrons. The van der Waals surface area contributed by atoms with Crippen molar-refractivity contribution in [1.29, 1.82) is 0 Å². The van der Waals surface area contributed by atoms with Crippen LogP contribution in [0.1, 0.15) is 68.8 Å². The van der Waals surface area contributed by atoms with E-state index in [-0.39, 0.29) is 24.4 Å². The molecule has 0 aromatic heterocycles. The van der Waals surface area contributed by atoms with Crippen LogP contribution in [0, 0.1) is 5.92 Å². The number of carboxylic acid groups (broad SMARTS) is 1. The molecule has 7 heteroatoms. The Balaban J connectivity index is 0.000000191. The van der Waals surface area contributed by atoms with Gasteiger partial charge in [0.05, 0.1) is 29.5 Å². The van der Waals surface area contributed by atoms with Gasteiger partial charge in [-0.2, -0.15) is 0 Å². The van der Waals surface area contributed by atoms with E-state index in [0.717, 1.165) is 18.6 Å². The monoisotopic (exact) mass is 471 g/mol. The molecule has 4 atom stereocenters. The number of esters is 1. The Bertz CT molecular complexity index is 900. The van der Waals surface area contributed by atoms with E-state index in [2.05, 4.69) is 38.7 Å². The van der Waals surface area contributed by atoms with Crippen LogP contribution in [-0.4, -0.2) is 47.7 Å². The molecule has 0 radical (unpaired) electrons. The Kier molecular flexibility index (Phi) is 8.55. The molecule has 2 heterocycles. The highest BCUT2D eigenvalue weighted by molar-refractivity contribution is 5.89. The van der Waals surface area contributed by atoms with E-state index in [0.29, 0.717) is 17.6 Å². The fourth-order valence-electron chi connectivity index (χ4n) is 4.82. The molecule has 2 aliphatic heterocycles. The summed E-state index contributed by atoms with van der Waals surface area (Å²) < 4.78 is 16.7. The molecule has 2 N–H and O–H groups in total. The van der Waals surface area contributed by atoms with Crippen LogP contribution in [-0.2, 0) is 20.8 Å². The van der Waals surface area contributed by atoms with Crippen molar-refractivity contribution in [3.05, 3.63) is 59.7 Å². The maximum Gasteiger partial charge on any atom is 0.404 e. The minimum Gasteiger partial charge on any atom is -0.465 e. The molecule has 0 bridgehead atoms. The summed E-state index contributed by atoms with van der Waals surface area (Å²) in [5.41, 5.74) is 2.90. The number of rotatable bonds is 8. The lowest BCUT2D eigenvalue weighted by Gasteiger charge is -2.32. The number of ether oxygens (including phenoxy) is 3. The molecule has 1 saturated carbocycles. The first-order chi connectivity index (χ1) is 16.2. The molecule has 1 amide bonds. The smallest absolute Gasteiger partial charge is 0.404 e. The average molecular weight is 472 g/mol. The molecule has 1 aliphatic carbocycles. The molecule has 1 aromatic carbocycles. The summed E-state index contributed by atoms with van der Waals surface area (Å²) in [6.45, 7) is 11.4. The highest BCUT2D eigenvalue weighted by atomic mass is 16.6. The molecule has 4 rings (SSSR count). The first-order valence-corrected chi connectivity index (χ1v) is 12.0. The molecule has 3 fully saturated rings. The first kappa shape index (κ1) is 26.0. The topological polar surface area (TPSA) is 101 Å². The van der Waals surface area contributed by atoms with Crippen LogP contribution >= 0.6 is 0 Å². The lowest BCUT2D eigenvalue weighted by molar-refractivity contribution is 0.0549. The van der Waals surface area contributed by atoms with Crippen molar-refractivity contribution in [2.75, 3.05) is 13.2 Å².